The van der Waals surface area contributed by atoms with Crippen LogP contribution in [0.25, 0.3) is 0 Å². The summed E-state index contributed by atoms with van der Waals surface area (Å²) in [4.78, 5) is 0. The highest BCUT2D eigenvalue weighted by Crippen LogP contribution is 2.25. The van der Waals surface area contributed by atoms with Gasteiger partial charge in [-0.3, -0.25) is 16.0 Å². The molecule has 4 nitrogen and oxygen atoms in total. The van der Waals surface area contributed by atoms with Gasteiger partial charge in [-0.05, 0) is 24.5 Å². The Labute approximate surface area is 122 Å². The summed E-state index contributed by atoms with van der Waals surface area (Å²) in [6, 6.07) is 4.78. The van der Waals surface area contributed by atoms with Crippen LogP contribution >= 0.6 is 11.6 Å². The van der Waals surface area contributed by atoms with Gasteiger partial charge in [0.15, 0.2) is 0 Å². The van der Waals surface area contributed by atoms with E-state index in [4.69, 9.17) is 17.4 Å². The van der Waals surface area contributed by atoms with Crippen LogP contribution < -0.4 is 11.3 Å². The van der Waals surface area contributed by atoms with Crippen molar-refractivity contribution in [1.82, 2.24) is 15.2 Å². The van der Waals surface area contributed by atoms with E-state index >= 15 is 0 Å². The normalized spacial score (nSPS) is 12.7. The Balaban J connectivity index is 2.31. The molecule has 0 saturated heterocycles. The molecule has 0 spiro atoms. The summed E-state index contributed by atoms with van der Waals surface area (Å²) in [7, 11) is 1.86. The summed E-state index contributed by atoms with van der Waals surface area (Å²) >= 11 is 5.81. The number of nitrogens with one attached hydrogen (secondary N) is 1. The highest BCUT2D eigenvalue weighted by atomic mass is 35.5. The first-order valence-electron chi connectivity index (χ1n) is 6.48. The molecule has 2 aromatic rings. The molecule has 0 aliphatic carbocycles. The minimum Gasteiger partial charge on any atom is -0.275 e. The summed E-state index contributed by atoms with van der Waals surface area (Å²) in [5, 5.41) is 4.51. The molecule has 0 radical (unpaired) electrons. The van der Waals surface area contributed by atoms with Crippen molar-refractivity contribution in [1.29, 1.82) is 0 Å². The van der Waals surface area contributed by atoms with E-state index < -0.39 is 5.82 Å². The van der Waals surface area contributed by atoms with Crippen molar-refractivity contribution in [3.8, 4) is 0 Å². The Hall–Kier alpha value is -1.43. The molecule has 2 rings (SSSR count). The number of nitrogens with two attached hydrogens (primary N) is 1. The molecular weight excluding hydrogens is 279 g/mol. The molecule has 0 saturated carbocycles. The van der Waals surface area contributed by atoms with Crippen LogP contribution in [-0.2, 0) is 19.9 Å². The first-order valence-corrected chi connectivity index (χ1v) is 6.86. The Morgan fingerprint density at radius 3 is 2.90 bits per heavy atom. The Bertz CT molecular complexity index is 597. The van der Waals surface area contributed by atoms with E-state index in [9.17, 15) is 4.39 Å². The van der Waals surface area contributed by atoms with Crippen LogP contribution in [0.5, 0.6) is 0 Å². The van der Waals surface area contributed by atoms with Crippen LogP contribution in [-0.4, -0.2) is 9.78 Å². The molecule has 0 amide bonds. The van der Waals surface area contributed by atoms with Crippen LogP contribution in [0.4, 0.5) is 4.39 Å². The number of benzene rings is 1. The summed E-state index contributed by atoms with van der Waals surface area (Å²) in [6.45, 7) is 2.03. The van der Waals surface area contributed by atoms with Gasteiger partial charge < -0.3 is 0 Å². The van der Waals surface area contributed by atoms with Gasteiger partial charge in [-0.25, -0.2) is 4.39 Å². The molecule has 6 heteroatoms. The largest absolute Gasteiger partial charge is 0.275 e. The fourth-order valence-electron chi connectivity index (χ4n) is 2.30. The third-order valence-corrected chi connectivity index (χ3v) is 3.60. The monoisotopic (exact) mass is 296 g/mol. The van der Waals surface area contributed by atoms with Gasteiger partial charge in [-0.1, -0.05) is 30.7 Å². The van der Waals surface area contributed by atoms with Crippen molar-refractivity contribution in [2.75, 3.05) is 0 Å². The number of aromatic nitrogens is 2. The Morgan fingerprint density at radius 2 is 2.25 bits per heavy atom. The predicted octanol–water partition coefficient (Wildman–Crippen LogP) is 2.52. The van der Waals surface area contributed by atoms with Crippen LogP contribution in [0.2, 0.25) is 5.02 Å². The summed E-state index contributed by atoms with van der Waals surface area (Å²) < 4.78 is 15.7. The minimum absolute atomic E-state index is 0.125. The second kappa shape index (κ2) is 6.35. The molecule has 0 aliphatic heterocycles. The van der Waals surface area contributed by atoms with E-state index in [1.54, 1.807) is 16.8 Å². The van der Waals surface area contributed by atoms with Gasteiger partial charge in [-0.2, -0.15) is 5.10 Å². The number of hydrogen-bond acceptors (Lipinski definition) is 3. The first-order chi connectivity index (χ1) is 9.56. The molecule has 1 atom stereocenters. The maximum Gasteiger partial charge on any atom is 0.145 e. The molecular formula is C14H18ClFN4. The average molecular weight is 297 g/mol. The van der Waals surface area contributed by atoms with Crippen LogP contribution in [0.1, 0.15) is 29.8 Å². The van der Waals surface area contributed by atoms with E-state index in [1.165, 1.54) is 6.07 Å². The van der Waals surface area contributed by atoms with Crippen LogP contribution in [0.15, 0.2) is 24.4 Å². The molecule has 0 aliphatic rings. The van der Waals surface area contributed by atoms with E-state index in [0.29, 0.717) is 12.0 Å². The number of hydrogen-bond donors (Lipinski definition) is 2. The lowest BCUT2D eigenvalue weighted by atomic mass is 9.98. The highest BCUT2D eigenvalue weighted by Gasteiger charge is 2.19. The molecule has 108 valence electrons. The molecule has 0 bridgehead atoms. The summed E-state index contributed by atoms with van der Waals surface area (Å²) in [5.41, 5.74) is 5.21. The van der Waals surface area contributed by atoms with E-state index in [0.717, 1.165) is 17.7 Å². The van der Waals surface area contributed by atoms with Gasteiger partial charge in [-0.15, -0.1) is 0 Å². The quantitative estimate of drug-likeness (QED) is 0.658. The lowest BCUT2D eigenvalue weighted by Crippen LogP contribution is -2.30. The molecule has 20 heavy (non-hydrogen) atoms. The van der Waals surface area contributed by atoms with Gasteiger partial charge in [0.05, 0.1) is 16.8 Å². The van der Waals surface area contributed by atoms with E-state index in [-0.39, 0.29) is 11.1 Å². The third-order valence-electron chi connectivity index (χ3n) is 3.30. The van der Waals surface area contributed by atoms with E-state index in [2.05, 4.69) is 10.5 Å². The Morgan fingerprint density at radius 1 is 1.50 bits per heavy atom. The maximum atomic E-state index is 14.0. The first kappa shape index (κ1) is 15.0. The predicted molar refractivity (Wildman–Crippen MR) is 77.8 cm³/mol. The topological polar surface area (TPSA) is 55.9 Å². The number of halogens is 2. The van der Waals surface area contributed by atoms with Gasteiger partial charge in [0.2, 0.25) is 0 Å². The van der Waals surface area contributed by atoms with Crippen molar-refractivity contribution in [3.05, 3.63) is 52.1 Å². The van der Waals surface area contributed by atoms with Crippen LogP contribution in [0.3, 0.4) is 0 Å². The SMILES string of the molecule is CCc1nn(C)cc1C(Cc1cccc(Cl)c1F)NN. The fourth-order valence-corrected chi connectivity index (χ4v) is 2.50. The minimum atomic E-state index is -0.392. The van der Waals surface area contributed by atoms with Crippen molar-refractivity contribution in [3.63, 3.8) is 0 Å². The molecule has 1 unspecified atom stereocenters. The molecule has 1 aromatic carbocycles. The highest BCUT2D eigenvalue weighted by molar-refractivity contribution is 6.30. The zero-order chi connectivity index (χ0) is 14.7. The molecule has 1 aromatic heterocycles. The van der Waals surface area contributed by atoms with Crippen molar-refractivity contribution >= 4 is 11.6 Å². The summed E-state index contributed by atoms with van der Waals surface area (Å²) in [6.07, 6.45) is 3.12. The van der Waals surface area contributed by atoms with Gasteiger partial charge >= 0.3 is 0 Å². The fraction of sp³-hybridized carbons (Fsp3) is 0.357. The summed E-state index contributed by atoms with van der Waals surface area (Å²) in [5.74, 6) is 5.24. The zero-order valence-electron chi connectivity index (χ0n) is 11.5. The third kappa shape index (κ3) is 3.00. The van der Waals surface area contributed by atoms with Crippen LogP contribution in [0, 0.1) is 5.82 Å². The lowest BCUT2D eigenvalue weighted by Gasteiger charge is -2.16. The maximum absolute atomic E-state index is 14.0. The number of nitrogens with zero attached hydrogens (tertiary/aromatic N) is 2. The molecule has 3 N–H and O–H groups in total. The number of aryl methyl sites for hydroxylation is 2. The van der Waals surface area contributed by atoms with Gasteiger partial charge in [0.25, 0.3) is 0 Å². The average Bonchev–Trinajstić information content (AvgIpc) is 2.81. The standard InChI is InChI=1S/C14H18ClFN4/c1-3-12-10(8-20(2)19-12)13(18-17)7-9-5-4-6-11(15)14(9)16/h4-6,8,13,18H,3,7,17H2,1-2H3. The van der Waals surface area contributed by atoms with Gasteiger partial charge in [0.1, 0.15) is 5.82 Å². The van der Waals surface area contributed by atoms with Crippen molar-refractivity contribution in [2.45, 2.75) is 25.8 Å². The van der Waals surface area contributed by atoms with Gasteiger partial charge in [0, 0.05) is 18.8 Å². The molecule has 0 fully saturated rings. The van der Waals surface area contributed by atoms with E-state index in [1.807, 2.05) is 20.2 Å². The van der Waals surface area contributed by atoms with Crippen molar-refractivity contribution in [2.24, 2.45) is 12.9 Å². The molecule has 1 heterocycles. The smallest absolute Gasteiger partial charge is 0.145 e. The van der Waals surface area contributed by atoms with Crippen molar-refractivity contribution < 1.29 is 4.39 Å². The Kier molecular flexibility index (Phi) is 4.75. The second-order valence-electron chi connectivity index (χ2n) is 4.69. The zero-order valence-corrected chi connectivity index (χ0v) is 12.3. The second-order valence-corrected chi connectivity index (χ2v) is 5.10. The number of hydrazine groups is 1. The number of rotatable bonds is 5. The lowest BCUT2D eigenvalue weighted by molar-refractivity contribution is 0.526.